The number of nitrogens with two attached hydrogens (primary N) is 1. The van der Waals surface area contributed by atoms with Crippen LogP contribution in [0.2, 0.25) is 0 Å². The molecule has 3 heterocycles. The molecule has 1 fully saturated rings. The third kappa shape index (κ3) is 5.82. The summed E-state index contributed by atoms with van der Waals surface area (Å²) in [6.07, 6.45) is 1.40. The summed E-state index contributed by atoms with van der Waals surface area (Å²) in [5.41, 5.74) is 5.48. The number of anilines is 1. The third-order valence-electron chi connectivity index (χ3n) is 4.07. The molecule has 3 rings (SSSR count). The Morgan fingerprint density at radius 1 is 1.39 bits per heavy atom. The number of hydrogen-bond donors (Lipinski definition) is 4. The van der Waals surface area contributed by atoms with E-state index in [1.807, 2.05) is 0 Å². The first-order valence-electron chi connectivity index (χ1n) is 8.75. The van der Waals surface area contributed by atoms with E-state index in [0.717, 1.165) is 13.1 Å². The SMILES string of the molecule is Nc1nc2ncn(COCCOP(=O)(O)NCCN3CCOCC3)c2c(=O)[nH]1. The van der Waals surface area contributed by atoms with Gasteiger partial charge >= 0.3 is 7.75 Å². The second kappa shape index (κ2) is 9.56. The maximum absolute atomic E-state index is 11.9. The van der Waals surface area contributed by atoms with E-state index >= 15 is 0 Å². The van der Waals surface area contributed by atoms with Gasteiger partial charge in [0.15, 0.2) is 11.2 Å². The molecule has 1 unspecified atom stereocenters. The Labute approximate surface area is 160 Å². The van der Waals surface area contributed by atoms with E-state index in [2.05, 4.69) is 24.9 Å². The van der Waals surface area contributed by atoms with Crippen molar-refractivity contribution in [2.45, 2.75) is 6.73 Å². The number of aromatic nitrogens is 4. The van der Waals surface area contributed by atoms with Crippen LogP contribution in [0.5, 0.6) is 0 Å². The average Bonchev–Trinajstić information content (AvgIpc) is 3.05. The molecule has 13 nitrogen and oxygen atoms in total. The van der Waals surface area contributed by atoms with E-state index in [-0.39, 0.29) is 37.1 Å². The van der Waals surface area contributed by atoms with Crippen LogP contribution >= 0.6 is 7.75 Å². The summed E-state index contributed by atoms with van der Waals surface area (Å²) in [6.45, 7) is 3.89. The van der Waals surface area contributed by atoms with Crippen LogP contribution in [0.4, 0.5) is 5.95 Å². The zero-order valence-electron chi connectivity index (χ0n) is 15.2. The molecule has 0 aliphatic carbocycles. The maximum atomic E-state index is 11.9. The predicted molar refractivity (Wildman–Crippen MR) is 99.6 cm³/mol. The molecule has 1 saturated heterocycles. The summed E-state index contributed by atoms with van der Waals surface area (Å²) in [7, 11) is -3.90. The number of ether oxygens (including phenoxy) is 2. The minimum atomic E-state index is -3.90. The Bertz CT molecular complexity index is 881. The van der Waals surface area contributed by atoms with Gasteiger partial charge in [0.1, 0.15) is 6.73 Å². The summed E-state index contributed by atoms with van der Waals surface area (Å²) >= 11 is 0. The zero-order chi connectivity index (χ0) is 20.0. The first-order chi connectivity index (χ1) is 13.4. The number of hydrogen-bond acceptors (Lipinski definition) is 9. The van der Waals surface area contributed by atoms with E-state index < -0.39 is 13.3 Å². The van der Waals surface area contributed by atoms with Gasteiger partial charge in [-0.15, -0.1) is 0 Å². The average molecular weight is 417 g/mol. The van der Waals surface area contributed by atoms with Crippen LogP contribution in [-0.2, 0) is 25.3 Å². The van der Waals surface area contributed by atoms with Crippen LogP contribution in [0.1, 0.15) is 0 Å². The predicted octanol–water partition coefficient (Wildman–Crippen LogP) is -1.29. The largest absolute Gasteiger partial charge is 0.403 e. The molecule has 156 valence electrons. The number of nitrogens with zero attached hydrogens (tertiary/aromatic N) is 4. The van der Waals surface area contributed by atoms with Crippen molar-refractivity contribution in [1.82, 2.24) is 29.5 Å². The Balaban J connectivity index is 1.36. The minimum Gasteiger partial charge on any atom is -0.379 e. The van der Waals surface area contributed by atoms with Crippen molar-refractivity contribution in [3.63, 3.8) is 0 Å². The van der Waals surface area contributed by atoms with Crippen molar-refractivity contribution in [2.75, 3.05) is 58.3 Å². The van der Waals surface area contributed by atoms with Gasteiger partial charge in [-0.2, -0.15) is 4.98 Å². The lowest BCUT2D eigenvalue weighted by atomic mass is 10.4. The molecule has 14 heteroatoms. The first kappa shape index (κ1) is 20.9. The standard InChI is InChI=1S/C14H24N7O6P/c15-14-18-12-11(13(22)19-14)21(9-16-12)10-26-7-8-27-28(23,24)17-1-2-20-3-5-25-6-4-20/h9H,1-8,10H2,(H2,17,23,24)(H3,15,18,19,22). The number of nitrogens with one attached hydrogen (secondary N) is 2. The minimum absolute atomic E-state index is 0.00866. The smallest absolute Gasteiger partial charge is 0.379 e. The molecule has 0 amide bonds. The first-order valence-corrected chi connectivity index (χ1v) is 10.3. The zero-order valence-corrected chi connectivity index (χ0v) is 16.1. The fourth-order valence-corrected chi connectivity index (χ4v) is 3.50. The number of imidazole rings is 1. The van der Waals surface area contributed by atoms with Crippen molar-refractivity contribution < 1.29 is 23.5 Å². The molecule has 0 radical (unpaired) electrons. The molecule has 1 atom stereocenters. The van der Waals surface area contributed by atoms with Gasteiger partial charge < -0.3 is 24.7 Å². The number of fused-ring (bicyclic) bond motifs is 1. The number of rotatable bonds is 10. The highest BCUT2D eigenvalue weighted by atomic mass is 31.2. The topological polar surface area (TPSA) is 170 Å². The normalized spacial score (nSPS) is 17.8. The lowest BCUT2D eigenvalue weighted by Gasteiger charge is -2.26. The second-order valence-corrected chi connectivity index (χ2v) is 7.71. The molecule has 0 aromatic carbocycles. The van der Waals surface area contributed by atoms with E-state index in [0.29, 0.717) is 26.3 Å². The Morgan fingerprint density at radius 2 is 2.18 bits per heavy atom. The van der Waals surface area contributed by atoms with Crippen molar-refractivity contribution >= 4 is 24.9 Å². The van der Waals surface area contributed by atoms with Crippen LogP contribution < -0.4 is 16.4 Å². The lowest BCUT2D eigenvalue weighted by molar-refractivity contribution is 0.0383. The van der Waals surface area contributed by atoms with E-state index in [4.69, 9.17) is 19.7 Å². The summed E-state index contributed by atoms with van der Waals surface area (Å²) < 4.78 is 29.0. The van der Waals surface area contributed by atoms with Crippen LogP contribution in [-0.4, -0.2) is 81.9 Å². The van der Waals surface area contributed by atoms with Gasteiger partial charge in [0, 0.05) is 26.2 Å². The number of morpholine rings is 1. The molecule has 28 heavy (non-hydrogen) atoms. The Morgan fingerprint density at radius 3 is 2.96 bits per heavy atom. The van der Waals surface area contributed by atoms with Crippen molar-refractivity contribution in [1.29, 1.82) is 0 Å². The van der Waals surface area contributed by atoms with Crippen LogP contribution in [0, 0.1) is 0 Å². The molecule has 0 bridgehead atoms. The lowest BCUT2D eigenvalue weighted by Crippen LogP contribution is -2.39. The Hall–Kier alpha value is -1.86. The van der Waals surface area contributed by atoms with Crippen molar-refractivity contribution in [3.05, 3.63) is 16.7 Å². The fraction of sp³-hybridized carbons (Fsp3) is 0.643. The monoisotopic (exact) mass is 417 g/mol. The molecule has 5 N–H and O–H groups in total. The Kier molecular flexibility index (Phi) is 7.13. The van der Waals surface area contributed by atoms with E-state index in [1.165, 1.54) is 10.9 Å². The number of H-pyrrole nitrogens is 1. The second-order valence-electron chi connectivity index (χ2n) is 6.09. The van der Waals surface area contributed by atoms with Crippen LogP contribution in [0.3, 0.4) is 0 Å². The van der Waals surface area contributed by atoms with Crippen LogP contribution in [0.15, 0.2) is 11.1 Å². The molecule has 2 aromatic heterocycles. The van der Waals surface area contributed by atoms with Crippen LogP contribution in [0.25, 0.3) is 11.2 Å². The van der Waals surface area contributed by atoms with Crippen molar-refractivity contribution in [2.24, 2.45) is 0 Å². The maximum Gasteiger partial charge on any atom is 0.403 e. The molecule has 1 aliphatic heterocycles. The fourth-order valence-electron chi connectivity index (χ4n) is 2.70. The van der Waals surface area contributed by atoms with E-state index in [1.54, 1.807) is 0 Å². The molecule has 2 aromatic rings. The molecule has 0 saturated carbocycles. The van der Waals surface area contributed by atoms with Gasteiger partial charge in [0.2, 0.25) is 5.95 Å². The quantitative estimate of drug-likeness (QED) is 0.268. The third-order valence-corrected chi connectivity index (χ3v) is 5.22. The highest BCUT2D eigenvalue weighted by molar-refractivity contribution is 7.50. The highest BCUT2D eigenvalue weighted by Gasteiger charge is 2.19. The summed E-state index contributed by atoms with van der Waals surface area (Å²) in [6, 6.07) is 0. The van der Waals surface area contributed by atoms with Crippen molar-refractivity contribution in [3.8, 4) is 0 Å². The van der Waals surface area contributed by atoms with Gasteiger partial charge in [0.25, 0.3) is 5.56 Å². The molecule has 1 aliphatic rings. The summed E-state index contributed by atoms with van der Waals surface area (Å²) in [5, 5.41) is 2.52. The van der Waals surface area contributed by atoms with Gasteiger partial charge in [-0.05, 0) is 0 Å². The van der Waals surface area contributed by atoms with Gasteiger partial charge in [-0.3, -0.25) is 19.2 Å². The van der Waals surface area contributed by atoms with Gasteiger partial charge in [-0.25, -0.2) is 14.6 Å². The highest BCUT2D eigenvalue weighted by Crippen LogP contribution is 2.35. The van der Waals surface area contributed by atoms with E-state index in [9.17, 15) is 14.3 Å². The molecular formula is C14H24N7O6P. The number of nitrogen functional groups attached to an aromatic ring is 1. The molecule has 0 spiro atoms. The number of aromatic amines is 1. The molecular weight excluding hydrogens is 393 g/mol. The van der Waals surface area contributed by atoms with Gasteiger partial charge in [-0.1, -0.05) is 0 Å². The van der Waals surface area contributed by atoms with Gasteiger partial charge in [0.05, 0.1) is 32.8 Å². The summed E-state index contributed by atoms with van der Waals surface area (Å²) in [5.74, 6) is -0.0168. The summed E-state index contributed by atoms with van der Waals surface area (Å²) in [4.78, 5) is 34.1.